The summed E-state index contributed by atoms with van der Waals surface area (Å²) in [7, 11) is 0. The van der Waals surface area contributed by atoms with Crippen LogP contribution in [0.1, 0.15) is 55.6 Å². The Balaban J connectivity index is 1.71. The molecule has 1 N–H and O–H groups in total. The molecule has 2 aromatic carbocycles. The molecule has 0 atom stereocenters. The summed E-state index contributed by atoms with van der Waals surface area (Å²) in [6.45, 7) is 0. The summed E-state index contributed by atoms with van der Waals surface area (Å²) in [5.74, 6) is -1.87. The molecule has 2 aromatic rings. The van der Waals surface area contributed by atoms with Crippen LogP contribution in [0.3, 0.4) is 0 Å². The lowest BCUT2D eigenvalue weighted by Crippen LogP contribution is -2.36. The third-order valence-corrected chi connectivity index (χ3v) is 7.33. The standard InChI is InChI=1S/C26H19Cl2F3N2O5/c27-13-10-14(22-23-16(3-1-5-19(23)34)32-17-4-2-6-20(35)24(17)22)25(15(28)11-13)38-21-8-7-12(26(29,30)31)9-18(21)33(36)37/h7-11,22,32H,1-6H2. The highest BCUT2D eigenvalue weighted by atomic mass is 35.5. The molecule has 12 heteroatoms. The number of Topliss-reactive ketones (excluding diaryl/α,β-unsaturated/α-hetero) is 2. The lowest BCUT2D eigenvalue weighted by atomic mass is 9.71. The van der Waals surface area contributed by atoms with Crippen LogP contribution in [-0.4, -0.2) is 16.5 Å². The molecule has 0 unspecified atom stereocenters. The normalized spacial score (nSPS) is 18.2. The van der Waals surface area contributed by atoms with Crippen LogP contribution in [0.4, 0.5) is 18.9 Å². The van der Waals surface area contributed by atoms with E-state index in [1.54, 1.807) is 0 Å². The fourth-order valence-electron chi connectivity index (χ4n) is 5.23. The van der Waals surface area contributed by atoms with Gasteiger partial charge in [0.15, 0.2) is 17.3 Å². The number of dihydropyridines is 1. The van der Waals surface area contributed by atoms with Gasteiger partial charge in [-0.25, -0.2) is 0 Å². The molecule has 3 aliphatic rings. The molecule has 0 bridgehead atoms. The van der Waals surface area contributed by atoms with E-state index in [2.05, 4.69) is 5.32 Å². The van der Waals surface area contributed by atoms with Crippen LogP contribution >= 0.6 is 23.2 Å². The molecule has 0 saturated heterocycles. The monoisotopic (exact) mass is 566 g/mol. The van der Waals surface area contributed by atoms with Gasteiger partial charge in [0, 0.05) is 58.0 Å². The van der Waals surface area contributed by atoms with Crippen molar-refractivity contribution in [3.05, 3.63) is 84.2 Å². The van der Waals surface area contributed by atoms with Crippen LogP contribution in [0.25, 0.3) is 0 Å². The first-order valence-electron chi connectivity index (χ1n) is 11.8. The minimum atomic E-state index is -4.81. The Morgan fingerprint density at radius 3 is 2.11 bits per heavy atom. The fourth-order valence-corrected chi connectivity index (χ4v) is 5.78. The van der Waals surface area contributed by atoms with Crippen molar-refractivity contribution in [1.82, 2.24) is 5.32 Å². The molecule has 2 aliphatic carbocycles. The number of hydrogen-bond donors (Lipinski definition) is 1. The average Bonchev–Trinajstić information content (AvgIpc) is 2.84. The molecule has 0 spiro atoms. The fraction of sp³-hybridized carbons (Fsp3) is 0.308. The van der Waals surface area contributed by atoms with E-state index in [-0.39, 0.29) is 45.8 Å². The average molecular weight is 567 g/mol. The van der Waals surface area contributed by atoms with Gasteiger partial charge in [-0.05, 0) is 49.9 Å². The Hall–Kier alpha value is -3.37. The maximum Gasteiger partial charge on any atom is 0.416 e. The van der Waals surface area contributed by atoms with E-state index >= 15 is 0 Å². The highest BCUT2D eigenvalue weighted by Crippen LogP contribution is 2.51. The summed E-state index contributed by atoms with van der Waals surface area (Å²) in [4.78, 5) is 37.0. The molecular formula is C26H19Cl2F3N2O5. The van der Waals surface area contributed by atoms with E-state index in [4.69, 9.17) is 27.9 Å². The van der Waals surface area contributed by atoms with Crippen molar-refractivity contribution >= 4 is 40.5 Å². The molecular weight excluding hydrogens is 548 g/mol. The lowest BCUT2D eigenvalue weighted by molar-refractivity contribution is -0.385. The topological polar surface area (TPSA) is 98.5 Å². The number of rotatable bonds is 4. The van der Waals surface area contributed by atoms with Gasteiger partial charge >= 0.3 is 11.9 Å². The lowest BCUT2D eigenvalue weighted by Gasteiger charge is -2.37. The number of ether oxygens (including phenoxy) is 1. The molecule has 5 rings (SSSR count). The number of nitrogens with one attached hydrogen (secondary N) is 1. The van der Waals surface area contributed by atoms with Crippen LogP contribution in [0.2, 0.25) is 10.0 Å². The highest BCUT2D eigenvalue weighted by Gasteiger charge is 2.42. The van der Waals surface area contributed by atoms with Gasteiger partial charge in [-0.3, -0.25) is 19.7 Å². The number of ketones is 2. The van der Waals surface area contributed by atoms with E-state index in [1.165, 1.54) is 12.1 Å². The summed E-state index contributed by atoms with van der Waals surface area (Å²) in [5.41, 5.74) is 0.186. The van der Waals surface area contributed by atoms with Crippen LogP contribution in [0, 0.1) is 10.1 Å². The van der Waals surface area contributed by atoms with Gasteiger partial charge in [-0.15, -0.1) is 0 Å². The Kier molecular flexibility index (Phi) is 6.73. The van der Waals surface area contributed by atoms with E-state index in [0.717, 1.165) is 6.07 Å². The minimum Gasteiger partial charge on any atom is -0.448 e. The predicted molar refractivity (Wildman–Crippen MR) is 132 cm³/mol. The number of allylic oxidation sites excluding steroid dienone is 4. The molecule has 0 radical (unpaired) electrons. The Labute approximate surface area is 224 Å². The van der Waals surface area contributed by atoms with Gasteiger partial charge in [0.2, 0.25) is 5.75 Å². The molecule has 0 amide bonds. The van der Waals surface area contributed by atoms with Crippen molar-refractivity contribution in [1.29, 1.82) is 0 Å². The number of nitro benzene ring substituents is 1. The Morgan fingerprint density at radius 2 is 1.55 bits per heavy atom. The second kappa shape index (κ2) is 9.74. The number of alkyl halides is 3. The smallest absolute Gasteiger partial charge is 0.416 e. The summed E-state index contributed by atoms with van der Waals surface area (Å²) < 4.78 is 45.5. The first-order chi connectivity index (χ1) is 18.0. The first kappa shape index (κ1) is 26.2. The minimum absolute atomic E-state index is 0.0870. The zero-order chi connectivity index (χ0) is 27.4. The molecule has 198 valence electrons. The van der Waals surface area contributed by atoms with Gasteiger partial charge in [-0.1, -0.05) is 23.2 Å². The summed E-state index contributed by atoms with van der Waals surface area (Å²) in [6.07, 6.45) is -1.85. The number of benzene rings is 2. The first-order valence-corrected chi connectivity index (χ1v) is 12.5. The van der Waals surface area contributed by atoms with Crippen molar-refractivity contribution in [2.75, 3.05) is 0 Å². The maximum atomic E-state index is 13.2. The van der Waals surface area contributed by atoms with Gasteiger partial charge in [0.05, 0.1) is 15.5 Å². The number of carbonyl (C=O) groups is 2. The third kappa shape index (κ3) is 4.67. The molecule has 1 heterocycles. The molecule has 38 heavy (non-hydrogen) atoms. The van der Waals surface area contributed by atoms with Gasteiger partial charge in [0.25, 0.3) is 0 Å². The number of halogens is 5. The van der Waals surface area contributed by atoms with E-state index in [1.807, 2.05) is 0 Å². The van der Waals surface area contributed by atoms with Crippen molar-refractivity contribution in [2.24, 2.45) is 0 Å². The van der Waals surface area contributed by atoms with Crippen molar-refractivity contribution in [2.45, 2.75) is 50.6 Å². The Morgan fingerprint density at radius 1 is 0.947 bits per heavy atom. The zero-order valence-electron chi connectivity index (χ0n) is 19.6. The number of nitrogens with zero attached hydrogens (tertiary/aromatic N) is 1. The molecule has 0 fully saturated rings. The van der Waals surface area contributed by atoms with E-state index in [9.17, 15) is 32.9 Å². The predicted octanol–water partition coefficient (Wildman–Crippen LogP) is 7.41. The second-order valence-corrected chi connectivity index (χ2v) is 10.1. The Bertz CT molecular complexity index is 1420. The number of nitro groups is 1. The largest absolute Gasteiger partial charge is 0.448 e. The zero-order valence-corrected chi connectivity index (χ0v) is 21.1. The summed E-state index contributed by atoms with van der Waals surface area (Å²) >= 11 is 12.8. The van der Waals surface area contributed by atoms with E-state index < -0.39 is 34.0 Å². The third-order valence-electron chi connectivity index (χ3n) is 6.83. The van der Waals surface area contributed by atoms with Crippen LogP contribution in [0.15, 0.2) is 52.9 Å². The van der Waals surface area contributed by atoms with Crippen molar-refractivity contribution in [3.8, 4) is 11.5 Å². The highest BCUT2D eigenvalue weighted by molar-refractivity contribution is 6.35. The van der Waals surface area contributed by atoms with Crippen LogP contribution in [0.5, 0.6) is 11.5 Å². The van der Waals surface area contributed by atoms with Crippen LogP contribution < -0.4 is 10.1 Å². The van der Waals surface area contributed by atoms with Crippen molar-refractivity contribution < 1.29 is 32.4 Å². The SMILES string of the molecule is O=C1CCCC2=C1C(c1cc(Cl)cc(Cl)c1Oc1ccc(C(F)(F)F)cc1[N+](=O)[O-])C1=C(CCCC1=O)N2. The van der Waals surface area contributed by atoms with Crippen molar-refractivity contribution in [3.63, 3.8) is 0 Å². The number of hydrogen-bond acceptors (Lipinski definition) is 6. The molecule has 7 nitrogen and oxygen atoms in total. The summed E-state index contributed by atoms with van der Waals surface area (Å²) in [5, 5.41) is 15.0. The van der Waals surface area contributed by atoms with Gasteiger partial charge < -0.3 is 10.1 Å². The summed E-state index contributed by atoms with van der Waals surface area (Å²) in [6, 6.07) is 4.65. The van der Waals surface area contributed by atoms with E-state index in [0.29, 0.717) is 60.4 Å². The molecule has 0 saturated carbocycles. The number of carbonyl (C=O) groups excluding carboxylic acids is 2. The molecule has 1 aliphatic heterocycles. The van der Waals surface area contributed by atoms with Crippen LogP contribution in [-0.2, 0) is 15.8 Å². The molecule has 0 aromatic heterocycles. The van der Waals surface area contributed by atoms with Gasteiger partial charge in [0.1, 0.15) is 0 Å². The van der Waals surface area contributed by atoms with Gasteiger partial charge in [-0.2, -0.15) is 13.2 Å². The maximum absolute atomic E-state index is 13.2. The second-order valence-electron chi connectivity index (χ2n) is 9.24. The quantitative estimate of drug-likeness (QED) is 0.305.